The van der Waals surface area contributed by atoms with Crippen molar-refractivity contribution in [2.75, 3.05) is 11.1 Å². The molecule has 3 nitrogen and oxygen atoms in total. The summed E-state index contributed by atoms with van der Waals surface area (Å²) in [4.78, 5) is 11.9. The zero-order valence-electron chi connectivity index (χ0n) is 9.28. The average molecular weight is 309 g/mol. The number of nitrogens with one attached hydrogen (secondary N) is 1. The van der Waals surface area contributed by atoms with Crippen LogP contribution in [0.2, 0.25) is 0 Å². The number of carbonyl (C=O) groups is 1. The molecule has 0 unspecified atom stereocenters. The second-order valence-electron chi connectivity index (χ2n) is 3.68. The summed E-state index contributed by atoms with van der Waals surface area (Å²) in [7, 11) is 0. The number of halogens is 2. The Morgan fingerprint density at radius 3 is 2.67 bits per heavy atom. The lowest BCUT2D eigenvalue weighted by Gasteiger charge is -2.07. The van der Waals surface area contributed by atoms with Gasteiger partial charge in [0.2, 0.25) is 0 Å². The van der Waals surface area contributed by atoms with Crippen LogP contribution >= 0.6 is 15.9 Å². The largest absolute Gasteiger partial charge is 0.399 e. The van der Waals surface area contributed by atoms with Gasteiger partial charge >= 0.3 is 0 Å². The highest BCUT2D eigenvalue weighted by atomic mass is 79.9. The second-order valence-corrected chi connectivity index (χ2v) is 4.54. The third-order valence-corrected chi connectivity index (χ3v) is 2.95. The first kappa shape index (κ1) is 12.6. The van der Waals surface area contributed by atoms with Gasteiger partial charge in [0.1, 0.15) is 5.82 Å². The molecular weight excluding hydrogens is 299 g/mol. The standard InChI is InChI=1S/C13H10BrFN2O/c14-11-6-2-5-10(12(11)15)13(18)17-9-4-1-3-8(16)7-9/h1-7H,16H2,(H,17,18). The van der Waals surface area contributed by atoms with Crippen molar-refractivity contribution in [2.45, 2.75) is 0 Å². The smallest absolute Gasteiger partial charge is 0.258 e. The van der Waals surface area contributed by atoms with Gasteiger partial charge < -0.3 is 11.1 Å². The molecular formula is C13H10BrFN2O. The predicted molar refractivity (Wildman–Crippen MR) is 72.9 cm³/mol. The average Bonchev–Trinajstić information content (AvgIpc) is 2.32. The van der Waals surface area contributed by atoms with Crippen LogP contribution in [0.3, 0.4) is 0 Å². The fourth-order valence-corrected chi connectivity index (χ4v) is 1.86. The lowest BCUT2D eigenvalue weighted by atomic mass is 10.2. The van der Waals surface area contributed by atoms with Crippen LogP contribution in [0.5, 0.6) is 0 Å². The molecule has 2 aromatic rings. The molecule has 0 saturated heterocycles. The van der Waals surface area contributed by atoms with Crippen LogP contribution in [0.15, 0.2) is 46.9 Å². The van der Waals surface area contributed by atoms with Crippen LogP contribution in [0, 0.1) is 5.82 Å². The Hall–Kier alpha value is -1.88. The molecule has 3 N–H and O–H groups in total. The van der Waals surface area contributed by atoms with Gasteiger partial charge in [0.25, 0.3) is 5.91 Å². The van der Waals surface area contributed by atoms with Crippen molar-refractivity contribution in [2.24, 2.45) is 0 Å². The minimum Gasteiger partial charge on any atom is -0.399 e. The number of rotatable bonds is 2. The summed E-state index contributed by atoms with van der Waals surface area (Å²) in [5.74, 6) is -1.10. The molecule has 0 bridgehead atoms. The van der Waals surface area contributed by atoms with Gasteiger partial charge in [-0.1, -0.05) is 12.1 Å². The van der Waals surface area contributed by atoms with E-state index in [9.17, 15) is 9.18 Å². The number of carbonyl (C=O) groups excluding carboxylic acids is 1. The summed E-state index contributed by atoms with van der Waals surface area (Å²) >= 11 is 3.04. The summed E-state index contributed by atoms with van der Waals surface area (Å²) in [5.41, 5.74) is 6.63. The Morgan fingerprint density at radius 1 is 1.22 bits per heavy atom. The maximum Gasteiger partial charge on any atom is 0.258 e. The third-order valence-electron chi connectivity index (χ3n) is 2.34. The van der Waals surface area contributed by atoms with Gasteiger partial charge in [0, 0.05) is 11.4 Å². The van der Waals surface area contributed by atoms with Crippen molar-refractivity contribution < 1.29 is 9.18 Å². The molecule has 0 aliphatic heterocycles. The van der Waals surface area contributed by atoms with Gasteiger partial charge in [0.15, 0.2) is 0 Å². The first-order valence-corrected chi connectivity index (χ1v) is 5.98. The minimum absolute atomic E-state index is 0.0215. The first-order valence-electron chi connectivity index (χ1n) is 5.19. The third kappa shape index (κ3) is 2.68. The Kier molecular flexibility index (Phi) is 3.62. The number of benzene rings is 2. The minimum atomic E-state index is -0.584. The number of anilines is 2. The summed E-state index contributed by atoms with van der Waals surface area (Å²) in [6, 6.07) is 11.3. The molecule has 0 radical (unpaired) electrons. The van der Waals surface area contributed by atoms with Crippen molar-refractivity contribution in [3.63, 3.8) is 0 Å². The lowest BCUT2D eigenvalue weighted by molar-refractivity contribution is 0.102. The Morgan fingerprint density at radius 2 is 1.94 bits per heavy atom. The van der Waals surface area contributed by atoms with E-state index in [1.165, 1.54) is 12.1 Å². The van der Waals surface area contributed by atoms with E-state index < -0.39 is 11.7 Å². The van der Waals surface area contributed by atoms with Gasteiger partial charge in [-0.3, -0.25) is 4.79 Å². The summed E-state index contributed by atoms with van der Waals surface area (Å²) < 4.78 is 14.0. The number of nitrogen functional groups attached to an aromatic ring is 1. The molecule has 0 atom stereocenters. The van der Waals surface area contributed by atoms with E-state index in [0.717, 1.165) is 0 Å². The molecule has 1 amide bonds. The van der Waals surface area contributed by atoms with E-state index in [0.29, 0.717) is 11.4 Å². The van der Waals surface area contributed by atoms with Gasteiger partial charge in [-0.05, 0) is 46.3 Å². The van der Waals surface area contributed by atoms with Gasteiger partial charge in [-0.25, -0.2) is 4.39 Å². The highest BCUT2D eigenvalue weighted by Crippen LogP contribution is 2.20. The SMILES string of the molecule is Nc1cccc(NC(=O)c2cccc(Br)c2F)c1. The quantitative estimate of drug-likeness (QED) is 0.835. The summed E-state index contributed by atoms with van der Waals surface area (Å²) in [5, 5.41) is 2.59. The predicted octanol–water partition coefficient (Wildman–Crippen LogP) is 3.42. The zero-order valence-corrected chi connectivity index (χ0v) is 10.9. The van der Waals surface area contributed by atoms with E-state index in [1.807, 2.05) is 0 Å². The van der Waals surface area contributed by atoms with Crippen molar-refractivity contribution in [3.8, 4) is 0 Å². The molecule has 0 aliphatic rings. The number of hydrogen-bond donors (Lipinski definition) is 2. The molecule has 0 heterocycles. The zero-order chi connectivity index (χ0) is 13.1. The van der Waals surface area contributed by atoms with Gasteiger partial charge in [0.05, 0.1) is 10.0 Å². The van der Waals surface area contributed by atoms with Crippen LogP contribution in [0.25, 0.3) is 0 Å². The Labute approximate surface area is 112 Å². The molecule has 2 rings (SSSR count). The molecule has 0 aromatic heterocycles. The number of nitrogens with two attached hydrogens (primary N) is 1. The first-order chi connectivity index (χ1) is 8.58. The summed E-state index contributed by atoms with van der Waals surface area (Å²) in [6.07, 6.45) is 0. The molecule has 92 valence electrons. The van der Waals surface area contributed by atoms with E-state index in [2.05, 4.69) is 21.2 Å². The normalized spacial score (nSPS) is 10.1. The molecule has 0 spiro atoms. The van der Waals surface area contributed by atoms with Crippen molar-refractivity contribution in [1.29, 1.82) is 0 Å². The fraction of sp³-hybridized carbons (Fsp3) is 0. The van der Waals surface area contributed by atoms with Crippen LogP contribution < -0.4 is 11.1 Å². The monoisotopic (exact) mass is 308 g/mol. The van der Waals surface area contributed by atoms with Crippen LogP contribution in [-0.2, 0) is 0 Å². The molecule has 0 saturated carbocycles. The molecule has 0 aliphatic carbocycles. The topological polar surface area (TPSA) is 55.1 Å². The van der Waals surface area contributed by atoms with Crippen molar-refractivity contribution in [1.82, 2.24) is 0 Å². The Bertz CT molecular complexity index is 601. The van der Waals surface area contributed by atoms with E-state index in [-0.39, 0.29) is 10.0 Å². The highest BCUT2D eigenvalue weighted by molar-refractivity contribution is 9.10. The van der Waals surface area contributed by atoms with Gasteiger partial charge in [-0.2, -0.15) is 0 Å². The van der Waals surface area contributed by atoms with E-state index in [1.54, 1.807) is 30.3 Å². The highest BCUT2D eigenvalue weighted by Gasteiger charge is 2.13. The van der Waals surface area contributed by atoms with E-state index >= 15 is 0 Å². The molecule has 18 heavy (non-hydrogen) atoms. The lowest BCUT2D eigenvalue weighted by Crippen LogP contribution is -2.14. The Balaban J connectivity index is 2.25. The van der Waals surface area contributed by atoms with Crippen LogP contribution in [0.4, 0.5) is 15.8 Å². The molecule has 5 heteroatoms. The second kappa shape index (κ2) is 5.18. The number of amides is 1. The van der Waals surface area contributed by atoms with Crippen molar-refractivity contribution >= 4 is 33.2 Å². The number of hydrogen-bond acceptors (Lipinski definition) is 2. The fourth-order valence-electron chi connectivity index (χ4n) is 1.49. The van der Waals surface area contributed by atoms with Crippen LogP contribution in [0.1, 0.15) is 10.4 Å². The maximum atomic E-state index is 13.7. The van der Waals surface area contributed by atoms with E-state index in [4.69, 9.17) is 5.73 Å². The van der Waals surface area contributed by atoms with Crippen molar-refractivity contribution in [3.05, 3.63) is 58.3 Å². The van der Waals surface area contributed by atoms with Gasteiger partial charge in [-0.15, -0.1) is 0 Å². The molecule has 2 aromatic carbocycles. The maximum absolute atomic E-state index is 13.7. The molecule has 0 fully saturated rings. The summed E-state index contributed by atoms with van der Waals surface area (Å²) in [6.45, 7) is 0. The van der Waals surface area contributed by atoms with Crippen LogP contribution in [-0.4, -0.2) is 5.91 Å².